The number of azo groups is 1. The Bertz CT molecular complexity index is 728. The van der Waals surface area contributed by atoms with Crippen LogP contribution in [0.25, 0.3) is 0 Å². The smallest absolute Gasteiger partial charge is 0.260 e. The highest BCUT2D eigenvalue weighted by atomic mass is 16.2. The van der Waals surface area contributed by atoms with Gasteiger partial charge < -0.3 is 9.80 Å². The zero-order valence-electron chi connectivity index (χ0n) is 11.7. The Morgan fingerprint density at radius 1 is 0.727 bits per heavy atom. The average Bonchev–Trinajstić information content (AvgIpc) is 3.47. The molecule has 0 aromatic rings. The van der Waals surface area contributed by atoms with Crippen molar-refractivity contribution in [1.82, 2.24) is 9.80 Å². The maximum absolute atomic E-state index is 12.3. The van der Waals surface area contributed by atoms with Crippen LogP contribution in [0.5, 0.6) is 0 Å². The Labute approximate surface area is 124 Å². The standard InChI is InChI=1S/C14H12N4O4/c19-7-11(3-1-5-17-9(21)13(7,11)17)15-16-12-4-2-6-18-10(22)14(12,18)8(12)20/h1-6H2. The predicted octanol–water partition coefficient (Wildman–Crippen LogP) is -1.17. The Hall–Kier alpha value is -2.12. The van der Waals surface area contributed by atoms with Crippen molar-refractivity contribution in [3.05, 3.63) is 0 Å². The van der Waals surface area contributed by atoms with E-state index in [0.717, 1.165) is 12.8 Å². The molecule has 22 heavy (non-hydrogen) atoms. The highest BCUT2D eigenvalue weighted by Crippen LogP contribution is 2.69. The predicted molar refractivity (Wildman–Crippen MR) is 67.7 cm³/mol. The van der Waals surface area contributed by atoms with Gasteiger partial charge in [-0.25, -0.2) is 0 Å². The van der Waals surface area contributed by atoms with E-state index < -0.39 is 22.2 Å². The van der Waals surface area contributed by atoms with E-state index in [1.165, 1.54) is 0 Å². The average molecular weight is 300 g/mol. The maximum atomic E-state index is 12.3. The molecule has 2 amide bonds. The number of piperidine rings is 2. The van der Waals surface area contributed by atoms with Gasteiger partial charge in [-0.1, -0.05) is 0 Å². The van der Waals surface area contributed by atoms with Crippen LogP contribution in [0.4, 0.5) is 0 Å². The SMILES string of the molecule is O=C1N2CCCC3(N=NC45CCCN6C(=O)C64C5=O)C(=O)C123. The molecule has 4 atom stereocenters. The summed E-state index contributed by atoms with van der Waals surface area (Å²) in [5.41, 5.74) is -4.25. The van der Waals surface area contributed by atoms with Gasteiger partial charge in [0.2, 0.25) is 22.6 Å². The summed E-state index contributed by atoms with van der Waals surface area (Å²) < 4.78 is 0. The topological polar surface area (TPSA) is 99.0 Å². The lowest BCUT2D eigenvalue weighted by Crippen LogP contribution is -2.27. The first-order chi connectivity index (χ1) is 10.5. The lowest BCUT2D eigenvalue weighted by atomic mass is 10.0. The number of amides is 2. The first-order valence-corrected chi connectivity index (χ1v) is 7.70. The third-order valence-corrected chi connectivity index (χ3v) is 6.53. The monoisotopic (exact) mass is 300 g/mol. The summed E-state index contributed by atoms with van der Waals surface area (Å²) in [7, 11) is 0. The minimum Gasteiger partial charge on any atom is -0.317 e. The molecule has 0 aromatic heterocycles. The van der Waals surface area contributed by atoms with Crippen molar-refractivity contribution in [3.8, 4) is 0 Å². The fourth-order valence-electron chi connectivity index (χ4n) is 5.20. The van der Waals surface area contributed by atoms with Crippen molar-refractivity contribution >= 4 is 23.4 Å². The van der Waals surface area contributed by atoms with Crippen LogP contribution in [0, 0.1) is 0 Å². The van der Waals surface area contributed by atoms with Gasteiger partial charge in [0.15, 0.2) is 11.1 Å². The highest BCUT2D eigenvalue weighted by Gasteiger charge is 2.99. The molecule has 2 aliphatic carbocycles. The van der Waals surface area contributed by atoms with Crippen LogP contribution in [-0.2, 0) is 19.2 Å². The molecule has 6 aliphatic rings. The Kier molecular flexibility index (Phi) is 1.37. The number of Topliss-reactive ketones (excluding diaryl/α,β-unsaturated/α-hetero) is 2. The minimum absolute atomic E-state index is 0.156. The van der Waals surface area contributed by atoms with Gasteiger partial charge in [0.25, 0.3) is 11.8 Å². The third kappa shape index (κ3) is 0.707. The van der Waals surface area contributed by atoms with Gasteiger partial charge in [-0.15, -0.1) is 0 Å². The van der Waals surface area contributed by atoms with Crippen molar-refractivity contribution in [2.24, 2.45) is 10.2 Å². The molecule has 0 radical (unpaired) electrons. The summed E-state index contributed by atoms with van der Waals surface area (Å²) in [6.45, 7) is 1.20. The first-order valence-electron chi connectivity index (χ1n) is 7.70. The molecular weight excluding hydrogens is 288 g/mol. The second kappa shape index (κ2) is 2.63. The molecule has 4 saturated heterocycles. The Balaban J connectivity index is 1.40. The van der Waals surface area contributed by atoms with E-state index in [1.807, 2.05) is 0 Å². The van der Waals surface area contributed by atoms with Gasteiger partial charge >= 0.3 is 0 Å². The fourth-order valence-corrected chi connectivity index (χ4v) is 5.20. The van der Waals surface area contributed by atoms with Crippen LogP contribution in [0.1, 0.15) is 25.7 Å². The summed E-state index contributed by atoms with van der Waals surface area (Å²) in [5, 5.41) is 8.48. The molecular formula is C14H12N4O4. The number of hydrogen-bond donors (Lipinski definition) is 0. The van der Waals surface area contributed by atoms with Crippen LogP contribution in [0.15, 0.2) is 10.2 Å². The van der Waals surface area contributed by atoms with E-state index in [4.69, 9.17) is 0 Å². The van der Waals surface area contributed by atoms with Crippen molar-refractivity contribution in [2.75, 3.05) is 13.1 Å². The quantitative estimate of drug-likeness (QED) is 0.364. The maximum Gasteiger partial charge on any atom is 0.260 e. The van der Waals surface area contributed by atoms with Crippen molar-refractivity contribution in [1.29, 1.82) is 0 Å². The second-order valence-corrected chi connectivity index (χ2v) is 7.12. The van der Waals surface area contributed by atoms with Gasteiger partial charge in [-0.05, 0) is 25.7 Å². The van der Waals surface area contributed by atoms with Gasteiger partial charge in [-0.3, -0.25) is 19.2 Å². The number of nitrogens with zero attached hydrogens (tertiary/aromatic N) is 4. The lowest BCUT2D eigenvalue weighted by Gasteiger charge is -2.16. The van der Waals surface area contributed by atoms with Gasteiger partial charge in [0.1, 0.15) is 0 Å². The third-order valence-electron chi connectivity index (χ3n) is 6.53. The Morgan fingerprint density at radius 2 is 1.14 bits per heavy atom. The number of carbonyl (C=O) groups is 4. The molecule has 2 saturated carbocycles. The summed E-state index contributed by atoms with van der Waals surface area (Å²) in [6.07, 6.45) is 2.45. The molecule has 8 heteroatoms. The summed E-state index contributed by atoms with van der Waals surface area (Å²) >= 11 is 0. The van der Waals surface area contributed by atoms with Crippen molar-refractivity contribution in [3.63, 3.8) is 0 Å². The molecule has 4 heterocycles. The van der Waals surface area contributed by atoms with E-state index in [1.54, 1.807) is 9.80 Å². The van der Waals surface area contributed by atoms with E-state index in [0.29, 0.717) is 25.9 Å². The summed E-state index contributed by atoms with van der Waals surface area (Å²) in [4.78, 5) is 51.5. The van der Waals surface area contributed by atoms with Crippen LogP contribution in [-0.4, -0.2) is 68.4 Å². The fraction of sp³-hybridized carbons (Fsp3) is 0.714. The first kappa shape index (κ1) is 11.4. The van der Waals surface area contributed by atoms with Crippen LogP contribution in [0.3, 0.4) is 0 Å². The zero-order valence-corrected chi connectivity index (χ0v) is 11.7. The van der Waals surface area contributed by atoms with E-state index >= 15 is 0 Å². The van der Waals surface area contributed by atoms with E-state index in [-0.39, 0.29) is 23.4 Å². The molecule has 6 fully saturated rings. The van der Waals surface area contributed by atoms with E-state index in [2.05, 4.69) is 10.2 Å². The molecule has 112 valence electrons. The van der Waals surface area contributed by atoms with Crippen molar-refractivity contribution < 1.29 is 19.2 Å². The molecule has 0 aromatic carbocycles. The number of carbonyl (C=O) groups excluding carboxylic acids is 4. The molecule has 0 N–H and O–H groups in total. The van der Waals surface area contributed by atoms with Gasteiger partial charge in [0, 0.05) is 13.1 Å². The molecule has 4 aliphatic heterocycles. The number of rotatable bonds is 2. The van der Waals surface area contributed by atoms with Crippen LogP contribution < -0.4 is 0 Å². The molecule has 6 rings (SSSR count). The van der Waals surface area contributed by atoms with Crippen LogP contribution >= 0.6 is 0 Å². The zero-order chi connectivity index (χ0) is 15.1. The molecule has 4 unspecified atom stereocenters. The molecule has 8 nitrogen and oxygen atoms in total. The number of hydrogen-bond acceptors (Lipinski definition) is 6. The second-order valence-electron chi connectivity index (χ2n) is 7.12. The van der Waals surface area contributed by atoms with E-state index in [9.17, 15) is 19.2 Å². The van der Waals surface area contributed by atoms with Crippen molar-refractivity contribution in [2.45, 2.75) is 47.8 Å². The highest BCUT2D eigenvalue weighted by molar-refractivity contribution is 6.43. The van der Waals surface area contributed by atoms with Gasteiger partial charge in [-0.2, -0.15) is 10.2 Å². The normalized spacial score (nSPS) is 53.1. The Morgan fingerprint density at radius 3 is 1.55 bits per heavy atom. The largest absolute Gasteiger partial charge is 0.317 e. The molecule has 0 bridgehead atoms. The number of ketones is 2. The summed E-state index contributed by atoms with van der Waals surface area (Å²) in [6, 6.07) is 0. The minimum atomic E-state index is -1.07. The molecule has 2 spiro atoms. The lowest BCUT2D eigenvalue weighted by molar-refractivity contribution is -0.116. The van der Waals surface area contributed by atoms with Gasteiger partial charge in [0.05, 0.1) is 0 Å². The van der Waals surface area contributed by atoms with Crippen LogP contribution in [0.2, 0.25) is 0 Å². The summed E-state index contributed by atoms with van der Waals surface area (Å²) in [5.74, 6) is -0.675.